The van der Waals surface area contributed by atoms with Gasteiger partial charge in [0.1, 0.15) is 0 Å². The summed E-state index contributed by atoms with van der Waals surface area (Å²) < 4.78 is 0. The van der Waals surface area contributed by atoms with Crippen molar-refractivity contribution in [3.8, 4) is 0 Å². The monoisotopic (exact) mass is 271 g/mol. The van der Waals surface area contributed by atoms with Crippen molar-refractivity contribution in [2.75, 3.05) is 5.32 Å². The smallest absolute Gasteiger partial charge is 0.227 e. The van der Waals surface area contributed by atoms with E-state index in [9.17, 15) is 4.79 Å². The largest absolute Gasteiger partial charge is 0.324 e. The fraction of sp³-hybridized carbons (Fsp3) is 0.143. The molecule has 3 rings (SSSR count). The van der Waals surface area contributed by atoms with Crippen LogP contribution < -0.4 is 5.32 Å². The molecule has 5 heteroatoms. The molecule has 0 saturated carbocycles. The highest BCUT2D eigenvalue weighted by atomic mass is 32.1. The second-order valence-electron chi connectivity index (χ2n) is 4.28. The van der Waals surface area contributed by atoms with Crippen LogP contribution in [0.2, 0.25) is 0 Å². The predicted octanol–water partition coefficient (Wildman–Crippen LogP) is 3.20. The van der Waals surface area contributed by atoms with Crippen molar-refractivity contribution < 1.29 is 4.79 Å². The molecule has 4 nitrogen and oxygen atoms in total. The minimum Gasteiger partial charge on any atom is -0.324 e. The Morgan fingerprint density at radius 2 is 2.21 bits per heavy atom. The first-order valence-electron chi connectivity index (χ1n) is 6.07. The summed E-state index contributed by atoms with van der Waals surface area (Å²) in [4.78, 5) is 19.2. The minimum absolute atomic E-state index is 0.0229. The van der Waals surface area contributed by atoms with Crippen LogP contribution in [0.15, 0.2) is 41.1 Å². The van der Waals surface area contributed by atoms with Gasteiger partial charge in [0.2, 0.25) is 11.9 Å². The normalized spacial score (nSPS) is 10.7. The topological polar surface area (TPSA) is 57.8 Å². The van der Waals surface area contributed by atoms with Gasteiger partial charge in [-0.1, -0.05) is 12.1 Å². The third kappa shape index (κ3) is 2.82. The summed E-state index contributed by atoms with van der Waals surface area (Å²) in [6.45, 7) is 0. The molecule has 2 N–H and O–H groups in total. The third-order valence-electron chi connectivity index (χ3n) is 2.87. The van der Waals surface area contributed by atoms with E-state index >= 15 is 0 Å². The lowest BCUT2D eigenvalue weighted by molar-refractivity contribution is -0.116. The number of benzene rings is 1. The average Bonchev–Trinajstić information content (AvgIpc) is 3.04. The number of hydrogen-bond donors (Lipinski definition) is 2. The summed E-state index contributed by atoms with van der Waals surface area (Å²) >= 11 is 1.65. The van der Waals surface area contributed by atoms with Gasteiger partial charge in [-0.05, 0) is 40.9 Å². The molecule has 19 heavy (non-hydrogen) atoms. The number of para-hydroxylation sites is 2. The molecule has 0 atom stereocenters. The van der Waals surface area contributed by atoms with Crippen molar-refractivity contribution in [3.63, 3.8) is 0 Å². The number of aryl methyl sites for hydroxylation is 1. The van der Waals surface area contributed by atoms with Crippen molar-refractivity contribution in [2.24, 2.45) is 0 Å². The van der Waals surface area contributed by atoms with Gasteiger partial charge in [-0.3, -0.25) is 10.1 Å². The molecule has 0 aliphatic rings. The third-order valence-corrected chi connectivity index (χ3v) is 3.60. The Bertz CT molecular complexity index is 655. The average molecular weight is 271 g/mol. The Kier molecular flexibility index (Phi) is 3.29. The van der Waals surface area contributed by atoms with Gasteiger partial charge in [0, 0.05) is 6.42 Å². The van der Waals surface area contributed by atoms with Crippen molar-refractivity contribution >= 4 is 34.2 Å². The lowest BCUT2D eigenvalue weighted by Crippen LogP contribution is -2.13. The van der Waals surface area contributed by atoms with Gasteiger partial charge < -0.3 is 4.98 Å². The number of H-pyrrole nitrogens is 1. The van der Waals surface area contributed by atoms with E-state index < -0.39 is 0 Å². The minimum atomic E-state index is -0.0229. The molecule has 0 fully saturated rings. The van der Waals surface area contributed by atoms with E-state index in [1.807, 2.05) is 35.7 Å². The van der Waals surface area contributed by atoms with Gasteiger partial charge in [-0.15, -0.1) is 0 Å². The zero-order valence-electron chi connectivity index (χ0n) is 10.2. The molecule has 0 unspecified atom stereocenters. The summed E-state index contributed by atoms with van der Waals surface area (Å²) in [5.41, 5.74) is 2.98. The number of imidazole rings is 1. The van der Waals surface area contributed by atoms with Gasteiger partial charge >= 0.3 is 0 Å². The molecule has 0 saturated heterocycles. The number of hydrogen-bond acceptors (Lipinski definition) is 3. The van der Waals surface area contributed by atoms with Crippen LogP contribution in [0.5, 0.6) is 0 Å². The number of carbonyl (C=O) groups is 1. The standard InChI is InChI=1S/C14H13N3OS/c18-13(6-5-10-7-8-19-9-10)17-14-15-11-3-1-2-4-12(11)16-14/h1-4,7-9H,5-6H2,(H2,15,16,17,18). The van der Waals surface area contributed by atoms with Crippen molar-refractivity contribution in [1.29, 1.82) is 0 Å². The fourth-order valence-corrected chi connectivity index (χ4v) is 2.60. The zero-order chi connectivity index (χ0) is 13.1. The van der Waals surface area contributed by atoms with Gasteiger partial charge in [0.15, 0.2) is 0 Å². The molecule has 1 amide bonds. The number of nitrogens with zero attached hydrogens (tertiary/aromatic N) is 1. The Morgan fingerprint density at radius 1 is 1.32 bits per heavy atom. The van der Waals surface area contributed by atoms with Crippen molar-refractivity contribution in [1.82, 2.24) is 9.97 Å². The summed E-state index contributed by atoms with van der Waals surface area (Å²) in [6, 6.07) is 9.74. The SMILES string of the molecule is O=C(CCc1ccsc1)Nc1nc2ccccc2[nH]1. The van der Waals surface area contributed by atoms with E-state index in [1.54, 1.807) is 11.3 Å². The maximum absolute atomic E-state index is 11.8. The Balaban J connectivity index is 1.62. The number of thiophene rings is 1. The summed E-state index contributed by atoms with van der Waals surface area (Å²) in [6.07, 6.45) is 1.23. The van der Waals surface area contributed by atoms with Gasteiger partial charge in [-0.2, -0.15) is 11.3 Å². The maximum Gasteiger partial charge on any atom is 0.227 e. The number of amides is 1. The lowest BCUT2D eigenvalue weighted by atomic mass is 10.2. The van der Waals surface area contributed by atoms with Crippen LogP contribution in [0.4, 0.5) is 5.95 Å². The van der Waals surface area contributed by atoms with E-state index in [0.29, 0.717) is 12.4 Å². The highest BCUT2D eigenvalue weighted by Gasteiger charge is 2.07. The van der Waals surface area contributed by atoms with Gasteiger partial charge in [0.25, 0.3) is 0 Å². The first kappa shape index (κ1) is 11.9. The van der Waals surface area contributed by atoms with E-state index in [1.165, 1.54) is 5.56 Å². The fourth-order valence-electron chi connectivity index (χ4n) is 1.90. The number of fused-ring (bicyclic) bond motifs is 1. The second kappa shape index (κ2) is 5.24. The summed E-state index contributed by atoms with van der Waals surface area (Å²) in [5, 5.41) is 6.88. The summed E-state index contributed by atoms with van der Waals surface area (Å²) in [7, 11) is 0. The predicted molar refractivity (Wildman–Crippen MR) is 77.4 cm³/mol. The first-order chi connectivity index (χ1) is 9.31. The van der Waals surface area contributed by atoms with Crippen LogP contribution in [0.3, 0.4) is 0 Å². The number of aromatic nitrogens is 2. The molecule has 1 aromatic carbocycles. The van der Waals surface area contributed by atoms with E-state index in [4.69, 9.17) is 0 Å². The van der Waals surface area contributed by atoms with Crippen molar-refractivity contribution in [2.45, 2.75) is 12.8 Å². The van der Waals surface area contributed by atoms with Crippen LogP contribution in [-0.4, -0.2) is 15.9 Å². The molecule has 0 bridgehead atoms. The lowest BCUT2D eigenvalue weighted by Gasteiger charge is -2.00. The van der Waals surface area contributed by atoms with Gasteiger partial charge in [-0.25, -0.2) is 4.98 Å². The molecule has 0 aliphatic carbocycles. The number of rotatable bonds is 4. The second-order valence-corrected chi connectivity index (χ2v) is 5.06. The maximum atomic E-state index is 11.8. The van der Waals surface area contributed by atoms with Crippen LogP contribution in [-0.2, 0) is 11.2 Å². The van der Waals surface area contributed by atoms with Crippen LogP contribution in [0.1, 0.15) is 12.0 Å². The molecular weight excluding hydrogens is 258 g/mol. The molecule has 3 aromatic rings. The molecular formula is C14H13N3OS. The van der Waals surface area contributed by atoms with Crippen LogP contribution in [0, 0.1) is 0 Å². The first-order valence-corrected chi connectivity index (χ1v) is 7.01. The molecule has 96 valence electrons. The van der Waals surface area contributed by atoms with Gasteiger partial charge in [0.05, 0.1) is 11.0 Å². The summed E-state index contributed by atoms with van der Waals surface area (Å²) in [5.74, 6) is 0.488. The van der Waals surface area contributed by atoms with E-state index in [-0.39, 0.29) is 5.91 Å². The van der Waals surface area contributed by atoms with E-state index in [0.717, 1.165) is 17.5 Å². The zero-order valence-corrected chi connectivity index (χ0v) is 11.0. The van der Waals surface area contributed by atoms with E-state index in [2.05, 4.69) is 20.7 Å². The number of aromatic amines is 1. The van der Waals surface area contributed by atoms with Crippen LogP contribution in [0.25, 0.3) is 11.0 Å². The molecule has 2 heterocycles. The van der Waals surface area contributed by atoms with Crippen LogP contribution >= 0.6 is 11.3 Å². The molecule has 0 spiro atoms. The number of nitrogens with one attached hydrogen (secondary N) is 2. The molecule has 0 aliphatic heterocycles. The molecule has 0 radical (unpaired) electrons. The number of anilines is 1. The van der Waals surface area contributed by atoms with Crippen molar-refractivity contribution in [3.05, 3.63) is 46.7 Å². The quantitative estimate of drug-likeness (QED) is 0.765. The number of carbonyl (C=O) groups excluding carboxylic acids is 1. The Morgan fingerprint density at radius 3 is 3.00 bits per heavy atom. The Hall–Kier alpha value is -2.14. The molecule has 2 aromatic heterocycles. The highest BCUT2D eigenvalue weighted by Crippen LogP contribution is 2.14. The highest BCUT2D eigenvalue weighted by molar-refractivity contribution is 7.07. The Labute approximate surface area is 114 Å².